The van der Waals surface area contributed by atoms with Crippen molar-refractivity contribution >= 4 is 16.7 Å². The number of para-hydroxylation sites is 1. The molecule has 0 bridgehead atoms. The number of fused-ring (bicyclic) bond motifs is 1. The summed E-state index contributed by atoms with van der Waals surface area (Å²) in [7, 11) is 3.72. The van der Waals surface area contributed by atoms with Crippen LogP contribution in [0, 0.1) is 0 Å². The number of nitrogens with zero attached hydrogens (tertiary/aromatic N) is 4. The highest BCUT2D eigenvalue weighted by molar-refractivity contribution is 5.90. The number of methoxy groups -OCH3 is 1. The number of ether oxygens (including phenoxy) is 1. The molecule has 3 rings (SSSR count). The van der Waals surface area contributed by atoms with Crippen molar-refractivity contribution in [3.63, 3.8) is 0 Å². The molecular weight excluding hydrogens is 276 g/mol. The lowest BCUT2D eigenvalue weighted by Gasteiger charge is -2.20. The summed E-state index contributed by atoms with van der Waals surface area (Å²) in [5.74, 6) is 1.59. The van der Waals surface area contributed by atoms with Gasteiger partial charge in [0.25, 0.3) is 0 Å². The summed E-state index contributed by atoms with van der Waals surface area (Å²) < 4.78 is 5.17. The van der Waals surface area contributed by atoms with Crippen LogP contribution in [0.1, 0.15) is 0 Å². The predicted molar refractivity (Wildman–Crippen MR) is 87.9 cm³/mol. The standard InChI is InChI=1S/C17H18N4O/c1-21(10-11-22-2)17-14-7-3-4-8-15(14)19-16(20-17)13-6-5-9-18-12-13/h3-9,12H,10-11H2,1-2H3. The summed E-state index contributed by atoms with van der Waals surface area (Å²) in [4.78, 5) is 15.6. The van der Waals surface area contributed by atoms with Gasteiger partial charge >= 0.3 is 0 Å². The van der Waals surface area contributed by atoms with Crippen LogP contribution in [0.5, 0.6) is 0 Å². The Morgan fingerprint density at radius 1 is 1.09 bits per heavy atom. The maximum Gasteiger partial charge on any atom is 0.163 e. The van der Waals surface area contributed by atoms with E-state index in [1.165, 1.54) is 0 Å². The van der Waals surface area contributed by atoms with Crippen LogP contribution in [0.15, 0.2) is 48.8 Å². The Balaban J connectivity index is 2.12. The van der Waals surface area contributed by atoms with Gasteiger partial charge in [-0.05, 0) is 24.3 Å². The first-order valence-electron chi connectivity index (χ1n) is 7.17. The molecule has 112 valence electrons. The maximum absolute atomic E-state index is 5.17. The third-order valence-corrected chi connectivity index (χ3v) is 3.50. The van der Waals surface area contributed by atoms with Crippen LogP contribution >= 0.6 is 0 Å². The van der Waals surface area contributed by atoms with Gasteiger partial charge in [0.2, 0.25) is 0 Å². The molecular formula is C17H18N4O. The molecule has 0 atom stereocenters. The molecule has 2 heterocycles. The summed E-state index contributed by atoms with van der Waals surface area (Å²) in [6, 6.07) is 11.9. The molecule has 0 unspecified atom stereocenters. The summed E-state index contributed by atoms with van der Waals surface area (Å²) >= 11 is 0. The Labute approximate surface area is 129 Å². The highest BCUT2D eigenvalue weighted by Crippen LogP contribution is 2.26. The number of rotatable bonds is 5. The quantitative estimate of drug-likeness (QED) is 0.724. The predicted octanol–water partition coefficient (Wildman–Crippen LogP) is 2.77. The first kappa shape index (κ1) is 14.4. The van der Waals surface area contributed by atoms with Gasteiger partial charge in [0, 0.05) is 44.0 Å². The third kappa shape index (κ3) is 2.89. The Kier molecular flexibility index (Phi) is 4.25. The first-order chi connectivity index (χ1) is 10.8. The molecule has 0 saturated carbocycles. The van der Waals surface area contributed by atoms with Crippen molar-refractivity contribution in [3.05, 3.63) is 48.8 Å². The Hall–Kier alpha value is -2.53. The second-order valence-corrected chi connectivity index (χ2v) is 5.04. The Bertz CT molecular complexity index is 761. The van der Waals surface area contributed by atoms with E-state index in [0.29, 0.717) is 12.4 Å². The van der Waals surface area contributed by atoms with Gasteiger partial charge < -0.3 is 9.64 Å². The molecule has 0 fully saturated rings. The van der Waals surface area contributed by atoms with Gasteiger partial charge in [-0.3, -0.25) is 4.98 Å². The van der Waals surface area contributed by atoms with Crippen molar-refractivity contribution in [1.82, 2.24) is 15.0 Å². The van der Waals surface area contributed by atoms with E-state index in [9.17, 15) is 0 Å². The van der Waals surface area contributed by atoms with Gasteiger partial charge in [-0.1, -0.05) is 12.1 Å². The minimum Gasteiger partial charge on any atom is -0.383 e. The van der Waals surface area contributed by atoms with Crippen LogP contribution in [-0.4, -0.2) is 42.3 Å². The number of aromatic nitrogens is 3. The molecule has 0 radical (unpaired) electrons. The fourth-order valence-electron chi connectivity index (χ4n) is 2.31. The van der Waals surface area contributed by atoms with Crippen molar-refractivity contribution in [3.8, 4) is 11.4 Å². The number of benzene rings is 1. The van der Waals surface area contributed by atoms with Gasteiger partial charge in [-0.25, -0.2) is 9.97 Å². The van der Waals surface area contributed by atoms with E-state index in [-0.39, 0.29) is 0 Å². The molecule has 0 aliphatic rings. The summed E-state index contributed by atoms with van der Waals surface area (Å²) in [5, 5.41) is 1.04. The lowest BCUT2D eigenvalue weighted by molar-refractivity contribution is 0.206. The molecule has 22 heavy (non-hydrogen) atoms. The fourth-order valence-corrected chi connectivity index (χ4v) is 2.31. The Morgan fingerprint density at radius 3 is 2.73 bits per heavy atom. The second-order valence-electron chi connectivity index (χ2n) is 5.04. The Morgan fingerprint density at radius 2 is 1.95 bits per heavy atom. The van der Waals surface area contributed by atoms with E-state index in [4.69, 9.17) is 9.72 Å². The van der Waals surface area contributed by atoms with Crippen molar-refractivity contribution < 1.29 is 4.74 Å². The van der Waals surface area contributed by atoms with Gasteiger partial charge in [-0.15, -0.1) is 0 Å². The molecule has 0 aliphatic heterocycles. The summed E-state index contributed by atoms with van der Waals surface area (Å²) in [6.45, 7) is 1.42. The van der Waals surface area contributed by atoms with Crippen LogP contribution in [0.2, 0.25) is 0 Å². The second kappa shape index (κ2) is 6.49. The van der Waals surface area contributed by atoms with Crippen molar-refractivity contribution in [2.45, 2.75) is 0 Å². The van der Waals surface area contributed by atoms with Gasteiger partial charge in [-0.2, -0.15) is 0 Å². The van der Waals surface area contributed by atoms with Crippen LogP contribution in [0.4, 0.5) is 5.82 Å². The molecule has 0 saturated heterocycles. The number of anilines is 1. The number of hydrogen-bond acceptors (Lipinski definition) is 5. The zero-order valence-electron chi connectivity index (χ0n) is 12.7. The molecule has 5 nitrogen and oxygen atoms in total. The number of pyridine rings is 1. The van der Waals surface area contributed by atoms with Crippen LogP contribution in [0.25, 0.3) is 22.3 Å². The molecule has 5 heteroatoms. The van der Waals surface area contributed by atoms with E-state index < -0.39 is 0 Å². The summed E-state index contributed by atoms with van der Waals surface area (Å²) in [6.07, 6.45) is 3.53. The van der Waals surface area contributed by atoms with E-state index in [0.717, 1.165) is 28.8 Å². The van der Waals surface area contributed by atoms with Crippen LogP contribution in [0.3, 0.4) is 0 Å². The molecule has 0 amide bonds. The lowest BCUT2D eigenvalue weighted by atomic mass is 10.2. The summed E-state index contributed by atoms with van der Waals surface area (Å²) in [5.41, 5.74) is 1.84. The van der Waals surface area contributed by atoms with Crippen molar-refractivity contribution in [2.24, 2.45) is 0 Å². The normalized spacial score (nSPS) is 10.8. The highest BCUT2D eigenvalue weighted by atomic mass is 16.5. The van der Waals surface area contributed by atoms with Crippen molar-refractivity contribution in [1.29, 1.82) is 0 Å². The largest absolute Gasteiger partial charge is 0.383 e. The molecule has 0 spiro atoms. The van der Waals surface area contributed by atoms with E-state index in [1.807, 2.05) is 43.4 Å². The highest BCUT2D eigenvalue weighted by Gasteiger charge is 2.12. The van der Waals surface area contributed by atoms with E-state index in [2.05, 4.69) is 14.9 Å². The zero-order chi connectivity index (χ0) is 15.4. The van der Waals surface area contributed by atoms with Crippen molar-refractivity contribution in [2.75, 3.05) is 32.2 Å². The average molecular weight is 294 g/mol. The first-order valence-corrected chi connectivity index (χ1v) is 7.17. The minimum absolute atomic E-state index is 0.650. The van der Waals surface area contributed by atoms with E-state index in [1.54, 1.807) is 19.5 Å². The van der Waals surface area contributed by atoms with Gasteiger partial charge in [0.1, 0.15) is 5.82 Å². The minimum atomic E-state index is 0.650. The molecule has 0 N–H and O–H groups in total. The SMILES string of the molecule is COCCN(C)c1nc(-c2cccnc2)nc2ccccc12. The smallest absolute Gasteiger partial charge is 0.163 e. The number of hydrogen-bond donors (Lipinski definition) is 0. The molecule has 0 aliphatic carbocycles. The van der Waals surface area contributed by atoms with Crippen LogP contribution < -0.4 is 4.90 Å². The topological polar surface area (TPSA) is 51.1 Å². The molecule has 1 aromatic carbocycles. The monoisotopic (exact) mass is 294 g/mol. The zero-order valence-corrected chi connectivity index (χ0v) is 12.7. The number of likely N-dealkylation sites (N-methyl/N-ethyl adjacent to an activating group) is 1. The van der Waals surface area contributed by atoms with Crippen LogP contribution in [-0.2, 0) is 4.74 Å². The molecule has 3 aromatic rings. The van der Waals surface area contributed by atoms with E-state index >= 15 is 0 Å². The average Bonchev–Trinajstić information content (AvgIpc) is 2.59. The van der Waals surface area contributed by atoms with Gasteiger partial charge in [0.05, 0.1) is 12.1 Å². The third-order valence-electron chi connectivity index (χ3n) is 3.50. The molecule has 2 aromatic heterocycles. The lowest BCUT2D eigenvalue weighted by Crippen LogP contribution is -2.23. The fraction of sp³-hybridized carbons (Fsp3) is 0.235. The maximum atomic E-state index is 5.17. The van der Waals surface area contributed by atoms with Gasteiger partial charge in [0.15, 0.2) is 5.82 Å².